The molecule has 3 aromatic rings. The Morgan fingerprint density at radius 3 is 2.54 bits per heavy atom. The molecule has 0 spiro atoms. The fourth-order valence-corrected chi connectivity index (χ4v) is 3.84. The highest BCUT2D eigenvalue weighted by molar-refractivity contribution is 7.99. The number of hydrogen-bond donors (Lipinski definition) is 0. The fraction of sp³-hybridized carbons (Fsp3) is 0.167. The molecule has 8 heteroatoms. The first-order valence-corrected chi connectivity index (χ1v) is 9.46. The van der Waals surface area contributed by atoms with Crippen molar-refractivity contribution in [3.8, 4) is 22.9 Å². The first-order chi connectivity index (χ1) is 12.8. The zero-order valence-corrected chi connectivity index (χ0v) is 15.1. The van der Waals surface area contributed by atoms with Crippen molar-refractivity contribution in [2.75, 3.05) is 19.0 Å². The van der Waals surface area contributed by atoms with E-state index in [4.69, 9.17) is 26.2 Å². The molecular weight excluding hydrogens is 372 g/mol. The van der Waals surface area contributed by atoms with Crippen LogP contribution in [0, 0.1) is 0 Å². The van der Waals surface area contributed by atoms with Gasteiger partial charge in [0.15, 0.2) is 17.3 Å². The molecule has 0 aliphatic carbocycles. The maximum Gasteiger partial charge on any atom is 0.212 e. The largest absolute Gasteiger partial charge is 0.486 e. The topological polar surface area (TPSA) is 61.5 Å². The van der Waals surface area contributed by atoms with Crippen molar-refractivity contribution in [3.63, 3.8) is 0 Å². The average Bonchev–Trinajstić information content (AvgIpc) is 3.11. The van der Waals surface area contributed by atoms with Crippen LogP contribution in [0.1, 0.15) is 5.56 Å². The summed E-state index contributed by atoms with van der Waals surface area (Å²) in [6, 6.07) is 13.4. The van der Waals surface area contributed by atoms with Crippen LogP contribution in [0.3, 0.4) is 0 Å². The van der Waals surface area contributed by atoms with E-state index in [0.29, 0.717) is 24.1 Å². The van der Waals surface area contributed by atoms with Gasteiger partial charge in [0.25, 0.3) is 0 Å². The van der Waals surface area contributed by atoms with Crippen molar-refractivity contribution in [1.29, 1.82) is 0 Å². The van der Waals surface area contributed by atoms with Crippen LogP contribution in [0.5, 0.6) is 11.5 Å². The molecule has 0 N–H and O–H groups in total. The van der Waals surface area contributed by atoms with E-state index >= 15 is 0 Å². The molecule has 0 radical (unpaired) electrons. The number of nitrogens with zero attached hydrogens (tertiary/aromatic N) is 4. The van der Waals surface area contributed by atoms with E-state index in [1.807, 2.05) is 42.5 Å². The van der Waals surface area contributed by atoms with E-state index in [1.54, 1.807) is 16.4 Å². The summed E-state index contributed by atoms with van der Waals surface area (Å²) in [5, 5.41) is 14.8. The van der Waals surface area contributed by atoms with Crippen LogP contribution in [-0.2, 0) is 0 Å². The molecule has 3 heterocycles. The minimum atomic E-state index is 0.563. The van der Waals surface area contributed by atoms with E-state index in [0.717, 1.165) is 39.2 Å². The van der Waals surface area contributed by atoms with Crippen molar-refractivity contribution in [2.24, 2.45) is 5.10 Å². The van der Waals surface area contributed by atoms with E-state index in [-0.39, 0.29) is 0 Å². The van der Waals surface area contributed by atoms with Gasteiger partial charge in [0, 0.05) is 21.9 Å². The molecule has 6 nitrogen and oxygen atoms in total. The van der Waals surface area contributed by atoms with Crippen molar-refractivity contribution in [1.82, 2.24) is 14.9 Å². The number of rotatable bonds is 2. The van der Waals surface area contributed by atoms with Gasteiger partial charge in [-0.05, 0) is 42.5 Å². The van der Waals surface area contributed by atoms with Crippen LogP contribution < -0.4 is 9.47 Å². The molecule has 1 aromatic heterocycles. The fourth-order valence-electron chi connectivity index (χ4n) is 2.87. The van der Waals surface area contributed by atoms with Gasteiger partial charge in [-0.15, -0.1) is 10.2 Å². The number of halogens is 1. The Morgan fingerprint density at radius 2 is 1.69 bits per heavy atom. The molecule has 0 atom stereocenters. The number of hydrogen-bond acceptors (Lipinski definition) is 6. The summed E-state index contributed by atoms with van der Waals surface area (Å²) in [5.41, 5.74) is 2.86. The Hall–Kier alpha value is -2.51. The zero-order chi connectivity index (χ0) is 17.5. The number of thioether (sulfide) groups is 1. The molecular formula is C18H13ClN4O2S. The lowest BCUT2D eigenvalue weighted by Gasteiger charge is -2.20. The van der Waals surface area contributed by atoms with E-state index in [9.17, 15) is 0 Å². The zero-order valence-electron chi connectivity index (χ0n) is 13.6. The number of benzene rings is 2. The minimum absolute atomic E-state index is 0.563. The minimum Gasteiger partial charge on any atom is -0.486 e. The van der Waals surface area contributed by atoms with Gasteiger partial charge in [-0.2, -0.15) is 9.78 Å². The third kappa shape index (κ3) is 2.73. The molecule has 0 saturated carbocycles. The third-order valence-corrected chi connectivity index (χ3v) is 5.33. The van der Waals surface area contributed by atoms with Gasteiger partial charge in [-0.3, -0.25) is 0 Å². The summed E-state index contributed by atoms with van der Waals surface area (Å²) in [4.78, 5) is 0. The summed E-state index contributed by atoms with van der Waals surface area (Å²) in [6.45, 7) is 1.14. The average molecular weight is 385 g/mol. The van der Waals surface area contributed by atoms with Crippen LogP contribution in [-0.4, -0.2) is 39.6 Å². The van der Waals surface area contributed by atoms with Crippen molar-refractivity contribution in [2.45, 2.75) is 5.16 Å². The summed E-state index contributed by atoms with van der Waals surface area (Å²) in [5.74, 6) is 2.95. The van der Waals surface area contributed by atoms with Gasteiger partial charge in [0.2, 0.25) is 5.16 Å². The molecule has 5 rings (SSSR count). The van der Waals surface area contributed by atoms with E-state index < -0.39 is 0 Å². The molecule has 0 unspecified atom stereocenters. The van der Waals surface area contributed by atoms with Gasteiger partial charge in [-0.25, -0.2) is 0 Å². The van der Waals surface area contributed by atoms with Gasteiger partial charge in [-0.1, -0.05) is 23.4 Å². The Balaban J connectivity index is 1.55. The number of aromatic nitrogens is 3. The van der Waals surface area contributed by atoms with Crippen molar-refractivity contribution >= 4 is 29.1 Å². The molecule has 0 saturated heterocycles. The van der Waals surface area contributed by atoms with Crippen LogP contribution >= 0.6 is 23.4 Å². The Kier molecular flexibility index (Phi) is 3.83. The second-order valence-electron chi connectivity index (χ2n) is 5.82. The standard InChI is InChI=1S/C18H13ClN4O2S/c19-13-4-1-11(2-5-13)17-20-21-18-23(17)22-14(10-26-18)12-3-6-15-16(9-12)25-8-7-24-15/h1-6,9H,7-8,10H2. The summed E-state index contributed by atoms with van der Waals surface area (Å²) in [6.07, 6.45) is 0. The van der Waals surface area contributed by atoms with Crippen LogP contribution in [0.2, 0.25) is 5.02 Å². The molecule has 0 bridgehead atoms. The second kappa shape index (κ2) is 6.34. The highest BCUT2D eigenvalue weighted by atomic mass is 35.5. The molecule has 2 aliphatic rings. The maximum absolute atomic E-state index is 5.98. The van der Waals surface area contributed by atoms with Gasteiger partial charge >= 0.3 is 0 Å². The highest BCUT2D eigenvalue weighted by Crippen LogP contribution is 2.33. The molecule has 26 heavy (non-hydrogen) atoms. The molecule has 2 aromatic carbocycles. The summed E-state index contributed by atoms with van der Waals surface area (Å²) < 4.78 is 13.1. The van der Waals surface area contributed by atoms with Crippen LogP contribution in [0.25, 0.3) is 11.4 Å². The number of fused-ring (bicyclic) bond motifs is 2. The lowest BCUT2D eigenvalue weighted by atomic mass is 10.1. The molecule has 0 amide bonds. The summed E-state index contributed by atoms with van der Waals surface area (Å²) in [7, 11) is 0. The maximum atomic E-state index is 5.98. The van der Waals surface area contributed by atoms with E-state index in [1.165, 1.54) is 0 Å². The first-order valence-electron chi connectivity index (χ1n) is 8.10. The van der Waals surface area contributed by atoms with E-state index in [2.05, 4.69) is 10.2 Å². The molecule has 0 fully saturated rings. The third-order valence-electron chi connectivity index (χ3n) is 4.15. The Labute approximate surface area is 158 Å². The van der Waals surface area contributed by atoms with Gasteiger partial charge in [0.05, 0.1) is 5.71 Å². The number of ether oxygens (including phenoxy) is 2. The van der Waals surface area contributed by atoms with Crippen molar-refractivity contribution < 1.29 is 9.47 Å². The quantitative estimate of drug-likeness (QED) is 0.673. The van der Waals surface area contributed by atoms with Crippen molar-refractivity contribution in [3.05, 3.63) is 53.1 Å². The van der Waals surface area contributed by atoms with Gasteiger partial charge in [0.1, 0.15) is 13.2 Å². The predicted molar refractivity (Wildman–Crippen MR) is 101 cm³/mol. The smallest absolute Gasteiger partial charge is 0.212 e. The lowest BCUT2D eigenvalue weighted by molar-refractivity contribution is 0.171. The Morgan fingerprint density at radius 1 is 0.923 bits per heavy atom. The van der Waals surface area contributed by atoms with Crippen LogP contribution in [0.15, 0.2) is 52.7 Å². The summed E-state index contributed by atoms with van der Waals surface area (Å²) >= 11 is 7.59. The molecule has 2 aliphatic heterocycles. The Bertz CT molecular complexity index is 1020. The molecule has 130 valence electrons. The first kappa shape index (κ1) is 15.7. The lowest BCUT2D eigenvalue weighted by Crippen LogP contribution is -2.17. The predicted octanol–water partition coefficient (Wildman–Crippen LogP) is 3.73. The SMILES string of the molecule is Clc1ccc(-c2nnc3n2N=C(c2ccc4c(c2)OCCO4)CS3)cc1. The highest BCUT2D eigenvalue weighted by Gasteiger charge is 2.22. The monoisotopic (exact) mass is 384 g/mol. The second-order valence-corrected chi connectivity index (χ2v) is 7.20. The van der Waals surface area contributed by atoms with Gasteiger partial charge < -0.3 is 9.47 Å². The normalized spacial score (nSPS) is 15.3. The van der Waals surface area contributed by atoms with Crippen LogP contribution in [0.4, 0.5) is 0 Å².